The summed E-state index contributed by atoms with van der Waals surface area (Å²) in [6, 6.07) is 12.4. The van der Waals surface area contributed by atoms with E-state index in [0.717, 1.165) is 12.1 Å². The Morgan fingerprint density at radius 1 is 1.15 bits per heavy atom. The Morgan fingerprint density at radius 2 is 1.77 bits per heavy atom. The zero-order valence-electron chi connectivity index (χ0n) is 13.7. The maximum atomic E-state index is 13.9. The minimum atomic E-state index is -4.28. The smallest absolute Gasteiger partial charge is 0.324 e. The van der Waals surface area contributed by atoms with Gasteiger partial charge in [0.15, 0.2) is 0 Å². The van der Waals surface area contributed by atoms with Crippen LogP contribution >= 0.6 is 11.6 Å². The van der Waals surface area contributed by atoms with E-state index in [4.69, 9.17) is 16.3 Å². The van der Waals surface area contributed by atoms with Crippen molar-refractivity contribution in [3.63, 3.8) is 0 Å². The van der Waals surface area contributed by atoms with E-state index >= 15 is 0 Å². The molecule has 0 heterocycles. The quantitative estimate of drug-likeness (QED) is 0.695. The lowest BCUT2D eigenvalue weighted by molar-refractivity contribution is -0.144. The summed E-state index contributed by atoms with van der Waals surface area (Å²) in [5.41, 5.74) is 0.704. The highest BCUT2D eigenvalue weighted by molar-refractivity contribution is 7.89. The molecule has 0 bridgehead atoms. The summed E-state index contributed by atoms with van der Waals surface area (Å²) in [5.74, 6) is -1.75. The van der Waals surface area contributed by atoms with Crippen LogP contribution in [0.15, 0.2) is 71.1 Å². The summed E-state index contributed by atoms with van der Waals surface area (Å²) in [6.07, 6.45) is 0.0299. The molecule has 0 saturated carbocycles. The molecule has 2 aromatic rings. The average molecular weight is 398 g/mol. The van der Waals surface area contributed by atoms with Gasteiger partial charge in [-0.15, -0.1) is 0 Å². The summed E-state index contributed by atoms with van der Waals surface area (Å²) in [7, 11) is -4.28. The van der Waals surface area contributed by atoms with Crippen molar-refractivity contribution >= 4 is 27.6 Å². The van der Waals surface area contributed by atoms with E-state index < -0.39 is 32.7 Å². The zero-order valence-corrected chi connectivity index (χ0v) is 15.3. The summed E-state index contributed by atoms with van der Waals surface area (Å²) in [4.78, 5) is 11.8. The minimum absolute atomic E-state index is 0.0299. The van der Waals surface area contributed by atoms with Crippen molar-refractivity contribution in [1.29, 1.82) is 0 Å². The first-order valence-electron chi connectivity index (χ1n) is 7.60. The van der Waals surface area contributed by atoms with Crippen molar-refractivity contribution in [2.75, 3.05) is 6.61 Å². The van der Waals surface area contributed by atoms with Gasteiger partial charge >= 0.3 is 5.97 Å². The maximum absolute atomic E-state index is 13.9. The third-order valence-electron chi connectivity index (χ3n) is 3.36. The zero-order chi connectivity index (χ0) is 19.2. The van der Waals surface area contributed by atoms with Crippen molar-refractivity contribution in [1.82, 2.24) is 4.72 Å². The van der Waals surface area contributed by atoms with Crippen molar-refractivity contribution in [2.24, 2.45) is 0 Å². The summed E-state index contributed by atoms with van der Waals surface area (Å²) < 4.78 is 46.0. The lowest BCUT2D eigenvalue weighted by atomic mass is 10.1. The van der Waals surface area contributed by atoms with Gasteiger partial charge in [-0.3, -0.25) is 4.79 Å². The molecule has 0 saturated heterocycles. The number of ether oxygens (including phenoxy) is 1. The molecule has 0 spiro atoms. The topological polar surface area (TPSA) is 72.5 Å². The summed E-state index contributed by atoms with van der Waals surface area (Å²) >= 11 is 5.58. The van der Waals surface area contributed by atoms with Gasteiger partial charge in [-0.25, -0.2) is 12.8 Å². The van der Waals surface area contributed by atoms with Crippen LogP contribution in [-0.2, 0) is 26.0 Å². The summed E-state index contributed by atoms with van der Waals surface area (Å²) in [5, 5.41) is 0.0915. The predicted molar refractivity (Wildman–Crippen MR) is 96.6 cm³/mol. The highest BCUT2D eigenvalue weighted by Crippen LogP contribution is 2.15. The van der Waals surface area contributed by atoms with Gasteiger partial charge in [0, 0.05) is 5.03 Å². The molecule has 0 aliphatic rings. The molecule has 0 aromatic heterocycles. The molecule has 26 heavy (non-hydrogen) atoms. The van der Waals surface area contributed by atoms with Crippen LogP contribution in [0.2, 0.25) is 0 Å². The van der Waals surface area contributed by atoms with Crippen LogP contribution in [0.4, 0.5) is 4.39 Å². The van der Waals surface area contributed by atoms with E-state index in [1.807, 2.05) is 0 Å². The van der Waals surface area contributed by atoms with Gasteiger partial charge in [-0.2, -0.15) is 4.72 Å². The largest absolute Gasteiger partial charge is 0.459 e. The first kappa shape index (κ1) is 20.1. The lowest BCUT2D eigenvalue weighted by Crippen LogP contribution is -2.43. The molecule has 0 amide bonds. The number of halogens is 2. The highest BCUT2D eigenvalue weighted by Gasteiger charge is 2.29. The number of sulfonamides is 1. The number of rotatable bonds is 8. The number of carbonyl (C=O) groups is 1. The number of nitrogens with one attached hydrogen (secondary N) is 1. The van der Waals surface area contributed by atoms with Crippen molar-refractivity contribution in [3.8, 4) is 0 Å². The van der Waals surface area contributed by atoms with Crippen LogP contribution in [0.3, 0.4) is 0 Å². The third kappa shape index (κ3) is 5.66. The Bertz CT molecular complexity index is 887. The van der Waals surface area contributed by atoms with Gasteiger partial charge in [-0.1, -0.05) is 60.6 Å². The standard InChI is InChI=1S/C18H17ClFNO4S/c1-13(19)12-25-18(22)16(11-14-7-3-2-4-8-14)21-26(23,24)17-10-6-5-9-15(17)20/h2-10,16,21H,1,11-12H2. The molecule has 0 aliphatic carbocycles. The maximum Gasteiger partial charge on any atom is 0.324 e. The molecule has 0 fully saturated rings. The fourth-order valence-electron chi connectivity index (χ4n) is 2.19. The molecule has 1 N–H and O–H groups in total. The second kappa shape index (κ2) is 8.93. The van der Waals surface area contributed by atoms with Gasteiger partial charge in [-0.05, 0) is 24.1 Å². The fraction of sp³-hybridized carbons (Fsp3) is 0.167. The second-order valence-electron chi connectivity index (χ2n) is 5.42. The van der Waals surface area contributed by atoms with Crippen LogP contribution in [0, 0.1) is 5.82 Å². The molecule has 0 radical (unpaired) electrons. The minimum Gasteiger partial charge on any atom is -0.459 e. The molecule has 2 rings (SSSR count). The van der Waals surface area contributed by atoms with Crippen molar-refractivity contribution in [3.05, 3.63) is 77.6 Å². The molecule has 1 atom stereocenters. The number of esters is 1. The van der Waals surface area contributed by atoms with Gasteiger partial charge in [0.25, 0.3) is 0 Å². The Balaban J connectivity index is 2.26. The molecular formula is C18H17ClFNO4S. The van der Waals surface area contributed by atoms with E-state index in [0.29, 0.717) is 5.56 Å². The van der Waals surface area contributed by atoms with Gasteiger partial charge in [0.2, 0.25) is 10.0 Å². The summed E-state index contributed by atoms with van der Waals surface area (Å²) in [6.45, 7) is 3.15. The van der Waals surface area contributed by atoms with Crippen LogP contribution in [0.1, 0.15) is 5.56 Å². The number of hydrogen-bond donors (Lipinski definition) is 1. The molecular weight excluding hydrogens is 381 g/mol. The van der Waals surface area contributed by atoms with E-state index in [-0.39, 0.29) is 18.1 Å². The third-order valence-corrected chi connectivity index (χ3v) is 4.98. The lowest BCUT2D eigenvalue weighted by Gasteiger charge is -2.18. The van der Waals surface area contributed by atoms with Crippen LogP contribution in [0.5, 0.6) is 0 Å². The van der Waals surface area contributed by atoms with E-state index in [9.17, 15) is 17.6 Å². The Kier molecular flexibility index (Phi) is 6.90. The molecule has 1 unspecified atom stereocenters. The average Bonchev–Trinajstić information content (AvgIpc) is 2.60. The van der Waals surface area contributed by atoms with Gasteiger partial charge in [0.1, 0.15) is 23.4 Å². The molecule has 8 heteroatoms. The highest BCUT2D eigenvalue weighted by atomic mass is 35.5. The second-order valence-corrected chi connectivity index (χ2v) is 7.64. The Hall–Kier alpha value is -2.22. The molecule has 0 aliphatic heterocycles. The van der Waals surface area contributed by atoms with Crippen LogP contribution in [0.25, 0.3) is 0 Å². The van der Waals surface area contributed by atoms with E-state index in [1.54, 1.807) is 30.3 Å². The van der Waals surface area contributed by atoms with Crippen molar-refractivity contribution in [2.45, 2.75) is 17.4 Å². The number of hydrogen-bond acceptors (Lipinski definition) is 4. The van der Waals surface area contributed by atoms with E-state index in [2.05, 4.69) is 11.3 Å². The molecule has 138 valence electrons. The normalized spacial score (nSPS) is 12.4. The molecule has 2 aromatic carbocycles. The fourth-order valence-corrected chi connectivity index (χ4v) is 3.50. The van der Waals surface area contributed by atoms with Crippen LogP contribution < -0.4 is 4.72 Å². The van der Waals surface area contributed by atoms with E-state index in [1.165, 1.54) is 12.1 Å². The predicted octanol–water partition coefficient (Wildman–Crippen LogP) is 3.01. The van der Waals surface area contributed by atoms with Gasteiger partial charge < -0.3 is 4.74 Å². The SMILES string of the molecule is C=C(Cl)COC(=O)C(Cc1ccccc1)NS(=O)(=O)c1ccccc1F. The Labute approximate surface area is 156 Å². The Morgan fingerprint density at radius 3 is 2.38 bits per heavy atom. The monoisotopic (exact) mass is 397 g/mol. The first-order valence-corrected chi connectivity index (χ1v) is 9.46. The van der Waals surface area contributed by atoms with Gasteiger partial charge in [0.05, 0.1) is 0 Å². The number of benzene rings is 2. The number of carbonyl (C=O) groups excluding carboxylic acids is 1. The van der Waals surface area contributed by atoms with Crippen LogP contribution in [-0.4, -0.2) is 27.0 Å². The molecule has 5 nitrogen and oxygen atoms in total. The first-order chi connectivity index (χ1) is 12.3. The van der Waals surface area contributed by atoms with Crippen molar-refractivity contribution < 1.29 is 22.3 Å².